The zero-order valence-corrected chi connectivity index (χ0v) is 24.5. The number of hydrogen-bond donors (Lipinski definition) is 3. The minimum atomic E-state index is -4.98. The van der Waals surface area contributed by atoms with Gasteiger partial charge in [0.25, 0.3) is 0 Å². The molecule has 0 aliphatic rings. The van der Waals surface area contributed by atoms with Gasteiger partial charge in [-0.25, -0.2) is 9.97 Å². The van der Waals surface area contributed by atoms with Crippen molar-refractivity contribution >= 4 is 33.9 Å². The van der Waals surface area contributed by atoms with Crippen LogP contribution in [0.5, 0.6) is 5.75 Å². The van der Waals surface area contributed by atoms with E-state index in [9.17, 15) is 23.5 Å². The molecule has 3 N–H and O–H groups in total. The zero-order valence-electron chi connectivity index (χ0n) is 24.5. The molecule has 0 aliphatic carbocycles. The SMILES string of the molecule is C=CC(O)Nc1cc(Nc2nccc(-c3cc(C#N)c4c(c3)c(C)cn4C)n2)c(OC(F)(F)F)cc1N(C)CCN(C)C. The molecule has 0 aliphatic heterocycles. The Kier molecular flexibility index (Phi) is 9.13. The highest BCUT2D eigenvalue weighted by Gasteiger charge is 2.33. The molecule has 226 valence electrons. The number of nitriles is 1. The molecule has 4 aromatic rings. The number of hydrogen-bond acceptors (Lipinski definition) is 9. The molecular formula is C30H33F3N8O2. The molecule has 0 spiro atoms. The normalized spacial score (nSPS) is 12.2. The Bertz CT molecular complexity index is 1680. The molecule has 4 rings (SSSR count). The quantitative estimate of drug-likeness (QED) is 0.156. The summed E-state index contributed by atoms with van der Waals surface area (Å²) in [6.45, 7) is 6.60. The molecule has 2 aromatic carbocycles. The van der Waals surface area contributed by atoms with E-state index >= 15 is 0 Å². The van der Waals surface area contributed by atoms with Crippen LogP contribution in [-0.4, -0.2) is 71.4 Å². The lowest BCUT2D eigenvalue weighted by Crippen LogP contribution is -2.30. The van der Waals surface area contributed by atoms with Crippen molar-refractivity contribution in [2.45, 2.75) is 19.5 Å². The maximum absolute atomic E-state index is 13.5. The fourth-order valence-corrected chi connectivity index (χ4v) is 4.67. The third-order valence-electron chi connectivity index (χ3n) is 6.74. The van der Waals surface area contributed by atoms with E-state index in [-0.39, 0.29) is 11.6 Å². The second-order valence-electron chi connectivity index (χ2n) is 10.3. The number of ether oxygens (including phenoxy) is 1. The number of benzene rings is 2. The van der Waals surface area contributed by atoms with Crippen LogP contribution in [0.2, 0.25) is 0 Å². The van der Waals surface area contributed by atoms with Crippen LogP contribution in [0.3, 0.4) is 0 Å². The average molecular weight is 595 g/mol. The first kappa shape index (κ1) is 31.1. The summed E-state index contributed by atoms with van der Waals surface area (Å²) >= 11 is 0. The number of halogens is 3. The molecule has 0 fully saturated rings. The molecule has 0 bridgehead atoms. The van der Waals surface area contributed by atoms with Crippen LogP contribution in [0.15, 0.2) is 55.4 Å². The molecule has 0 saturated heterocycles. The van der Waals surface area contributed by atoms with E-state index in [1.54, 1.807) is 24.1 Å². The lowest BCUT2D eigenvalue weighted by molar-refractivity contribution is -0.274. The first-order chi connectivity index (χ1) is 20.3. The van der Waals surface area contributed by atoms with Crippen molar-refractivity contribution in [3.63, 3.8) is 0 Å². The molecule has 43 heavy (non-hydrogen) atoms. The van der Waals surface area contributed by atoms with E-state index in [1.807, 2.05) is 49.8 Å². The minimum Gasteiger partial charge on any atom is -0.403 e. The van der Waals surface area contributed by atoms with Gasteiger partial charge in [-0.05, 0) is 56.9 Å². The van der Waals surface area contributed by atoms with Gasteiger partial charge < -0.3 is 34.8 Å². The van der Waals surface area contributed by atoms with E-state index in [4.69, 9.17) is 0 Å². The summed E-state index contributed by atoms with van der Waals surface area (Å²) in [5.74, 6) is -0.517. The maximum atomic E-state index is 13.5. The van der Waals surface area contributed by atoms with Gasteiger partial charge in [-0.3, -0.25) is 0 Å². The van der Waals surface area contributed by atoms with E-state index in [2.05, 4.69) is 38.0 Å². The number of fused-ring (bicyclic) bond motifs is 1. The summed E-state index contributed by atoms with van der Waals surface area (Å²) < 4.78 is 46.9. The Hall–Kier alpha value is -4.80. The predicted octanol–water partition coefficient (Wildman–Crippen LogP) is 5.37. The number of aliphatic hydroxyl groups excluding tert-OH is 1. The molecule has 0 saturated carbocycles. The summed E-state index contributed by atoms with van der Waals surface area (Å²) in [5, 5.41) is 26.6. The number of anilines is 4. The van der Waals surface area contributed by atoms with Crippen LogP contribution in [0, 0.1) is 18.3 Å². The van der Waals surface area contributed by atoms with Crippen molar-refractivity contribution in [3.8, 4) is 23.1 Å². The molecular weight excluding hydrogens is 561 g/mol. The Morgan fingerprint density at radius 2 is 1.93 bits per heavy atom. The van der Waals surface area contributed by atoms with Crippen molar-refractivity contribution < 1.29 is 23.0 Å². The Morgan fingerprint density at radius 1 is 1.19 bits per heavy atom. The van der Waals surface area contributed by atoms with E-state index < -0.39 is 18.3 Å². The lowest BCUT2D eigenvalue weighted by atomic mass is 10.0. The average Bonchev–Trinajstić information content (AvgIpc) is 3.24. The van der Waals surface area contributed by atoms with Crippen molar-refractivity contribution in [3.05, 3.63) is 66.5 Å². The van der Waals surface area contributed by atoms with Gasteiger partial charge >= 0.3 is 6.36 Å². The van der Waals surface area contributed by atoms with Crippen LogP contribution in [-0.2, 0) is 7.05 Å². The summed E-state index contributed by atoms with van der Waals surface area (Å²) in [4.78, 5) is 12.4. The monoisotopic (exact) mass is 594 g/mol. The maximum Gasteiger partial charge on any atom is 0.573 e. The van der Waals surface area contributed by atoms with E-state index in [0.29, 0.717) is 41.3 Å². The topological polar surface area (TPSA) is 114 Å². The first-order valence-corrected chi connectivity index (χ1v) is 13.3. The van der Waals surface area contributed by atoms with Gasteiger partial charge in [0.2, 0.25) is 5.95 Å². The number of rotatable bonds is 11. The van der Waals surface area contributed by atoms with E-state index in [1.165, 1.54) is 24.4 Å². The smallest absolute Gasteiger partial charge is 0.403 e. The van der Waals surface area contributed by atoms with Gasteiger partial charge in [-0.1, -0.05) is 6.58 Å². The molecule has 1 unspecified atom stereocenters. The highest BCUT2D eigenvalue weighted by molar-refractivity contribution is 5.92. The highest BCUT2D eigenvalue weighted by atomic mass is 19.4. The minimum absolute atomic E-state index is 0.00292. The second kappa shape index (κ2) is 12.6. The van der Waals surface area contributed by atoms with Crippen molar-refractivity contribution in [1.82, 2.24) is 19.4 Å². The predicted molar refractivity (Wildman–Crippen MR) is 161 cm³/mol. The van der Waals surface area contributed by atoms with Gasteiger partial charge in [0, 0.05) is 56.6 Å². The first-order valence-electron chi connectivity index (χ1n) is 13.3. The largest absolute Gasteiger partial charge is 0.573 e. The third-order valence-corrected chi connectivity index (χ3v) is 6.74. The molecule has 2 aromatic heterocycles. The van der Waals surface area contributed by atoms with Crippen molar-refractivity contribution in [2.24, 2.45) is 7.05 Å². The van der Waals surface area contributed by atoms with E-state index in [0.717, 1.165) is 16.5 Å². The van der Waals surface area contributed by atoms with Crippen LogP contribution in [0.25, 0.3) is 22.2 Å². The van der Waals surface area contributed by atoms with Gasteiger partial charge in [0.05, 0.1) is 33.8 Å². The number of likely N-dealkylation sites (N-methyl/N-ethyl adjacent to an activating group) is 2. The summed E-state index contributed by atoms with van der Waals surface area (Å²) in [5.41, 5.74) is 3.93. The lowest BCUT2D eigenvalue weighted by Gasteiger charge is -2.27. The molecule has 10 nitrogen and oxygen atoms in total. The third kappa shape index (κ3) is 7.35. The molecule has 13 heteroatoms. The fourth-order valence-electron chi connectivity index (χ4n) is 4.67. The number of aromatic nitrogens is 3. The Labute approximate surface area is 247 Å². The van der Waals surface area contributed by atoms with Gasteiger partial charge in [0.15, 0.2) is 5.75 Å². The fraction of sp³-hybridized carbons (Fsp3) is 0.300. The zero-order chi connectivity index (χ0) is 31.5. The molecule has 2 heterocycles. The second-order valence-corrected chi connectivity index (χ2v) is 10.3. The van der Waals surface area contributed by atoms with Gasteiger partial charge in [0.1, 0.15) is 12.3 Å². The van der Waals surface area contributed by atoms with Crippen LogP contribution in [0.1, 0.15) is 11.1 Å². The Morgan fingerprint density at radius 3 is 2.58 bits per heavy atom. The van der Waals surface area contributed by atoms with Crippen molar-refractivity contribution in [1.29, 1.82) is 5.26 Å². The van der Waals surface area contributed by atoms with Gasteiger partial charge in [-0.2, -0.15) is 5.26 Å². The molecule has 1 atom stereocenters. The van der Waals surface area contributed by atoms with Crippen molar-refractivity contribution in [2.75, 3.05) is 49.8 Å². The summed E-state index contributed by atoms with van der Waals surface area (Å²) in [6, 6.07) is 10.1. The molecule has 0 radical (unpaired) electrons. The number of aliphatic hydroxyl groups is 1. The summed E-state index contributed by atoms with van der Waals surface area (Å²) in [6.07, 6.45) is -1.50. The standard InChI is InChI=1S/C30H33F3N8O2/c1-7-27(42)36-23-14-24(26(43-30(31,32)33)15-25(23)40(5)11-10-39(3)4)38-29-35-9-8-22(37-29)19-12-20(16-34)28-21(13-19)18(2)17-41(28)6/h7-9,12-15,17,27,36,42H,1,10-11H2,2-6H3,(H,35,37,38). The number of nitrogens with zero attached hydrogens (tertiary/aromatic N) is 6. The molecule has 0 amide bonds. The number of nitrogens with one attached hydrogen (secondary N) is 2. The van der Waals surface area contributed by atoms with Crippen LogP contribution >= 0.6 is 0 Å². The van der Waals surface area contributed by atoms with Crippen LogP contribution < -0.4 is 20.3 Å². The highest BCUT2D eigenvalue weighted by Crippen LogP contribution is 2.40. The number of alkyl halides is 3. The Balaban J connectivity index is 1.79. The summed E-state index contributed by atoms with van der Waals surface area (Å²) in [7, 11) is 7.36. The van der Waals surface area contributed by atoms with Crippen LogP contribution in [0.4, 0.5) is 36.2 Å². The number of aryl methyl sites for hydroxylation is 2. The van der Waals surface area contributed by atoms with Gasteiger partial charge in [-0.15, -0.1) is 13.2 Å².